The summed E-state index contributed by atoms with van der Waals surface area (Å²) in [6.07, 6.45) is 20.3. The van der Waals surface area contributed by atoms with Gasteiger partial charge in [-0.1, -0.05) is 134 Å². The Hall–Kier alpha value is -4.51. The normalized spacial score (nSPS) is 14.7. The van der Waals surface area contributed by atoms with Crippen molar-refractivity contribution in [1.29, 1.82) is 0 Å². The highest BCUT2D eigenvalue weighted by Gasteiger charge is 2.39. The molecule has 304 valence electrons. The maximum Gasteiger partial charge on any atom is 0.294 e. The summed E-state index contributed by atoms with van der Waals surface area (Å²) in [6.45, 7) is 2.72. The fourth-order valence-electron chi connectivity index (χ4n) is 6.20. The van der Waals surface area contributed by atoms with Crippen LogP contribution in [0.25, 0.3) is 0 Å². The number of hydrogen-bond donors (Lipinski definition) is 3. The van der Waals surface area contributed by atoms with Crippen LogP contribution in [0.15, 0.2) is 97.9 Å². The molecule has 56 heavy (non-hydrogen) atoms. The van der Waals surface area contributed by atoms with Crippen LogP contribution in [0.5, 0.6) is 5.75 Å². The second-order valence-corrected chi connectivity index (χ2v) is 16.6. The summed E-state index contributed by atoms with van der Waals surface area (Å²) in [5, 5.41) is 16.1. The minimum Gasteiger partial charge on any atom is -0.491 e. The number of amides is 2. The standard InChI is InChI=1S/C40H53N5O9S2/c1-2-3-4-5-6-7-8-9-10-11-12-13-14-15-16-22-27-54-36-26-21-20-25-35(36)42-43-37-38(44-45(40(37)47)32-23-18-17-19-24-32)41-39(46)31-28-33(55(48,49)50)30-34(29-31)56(51,52)53/h17-21,23-26,28-30,37H,2-16,22,27H2,1H3,(H,41,44,46)(H,48,49,50)(H,51,52,53). The van der Waals surface area contributed by atoms with Gasteiger partial charge in [0.2, 0.25) is 6.04 Å². The second kappa shape index (κ2) is 22.3. The third kappa shape index (κ3) is 14.2. The maximum absolute atomic E-state index is 13.6. The number of anilines is 1. The number of ether oxygens (including phenoxy) is 1. The first-order valence-corrected chi connectivity index (χ1v) is 22.3. The molecule has 3 aromatic carbocycles. The van der Waals surface area contributed by atoms with E-state index in [2.05, 4.69) is 27.6 Å². The van der Waals surface area contributed by atoms with E-state index in [9.17, 15) is 35.5 Å². The van der Waals surface area contributed by atoms with Gasteiger partial charge in [-0.05, 0) is 48.9 Å². The highest BCUT2D eigenvalue weighted by atomic mass is 32.2. The van der Waals surface area contributed by atoms with E-state index < -0.39 is 53.4 Å². The molecule has 4 rings (SSSR count). The Balaban J connectivity index is 1.32. The van der Waals surface area contributed by atoms with Crippen LogP contribution in [0.3, 0.4) is 0 Å². The predicted octanol–water partition coefficient (Wildman–Crippen LogP) is 9.06. The van der Waals surface area contributed by atoms with Crippen LogP contribution in [0.2, 0.25) is 0 Å². The molecule has 14 nitrogen and oxygen atoms in total. The molecule has 0 saturated carbocycles. The van der Waals surface area contributed by atoms with Crippen molar-refractivity contribution in [3.63, 3.8) is 0 Å². The van der Waals surface area contributed by atoms with Gasteiger partial charge in [0.15, 0.2) is 5.84 Å². The lowest BCUT2D eigenvalue weighted by Gasteiger charge is -2.12. The third-order valence-corrected chi connectivity index (χ3v) is 11.0. The van der Waals surface area contributed by atoms with Crippen LogP contribution in [-0.4, -0.2) is 56.2 Å². The number of rotatable bonds is 24. The van der Waals surface area contributed by atoms with Gasteiger partial charge in [0.1, 0.15) is 11.4 Å². The summed E-state index contributed by atoms with van der Waals surface area (Å²) < 4.78 is 72.4. The molecule has 1 heterocycles. The molecule has 0 fully saturated rings. The Bertz CT molecular complexity index is 1970. The zero-order chi connectivity index (χ0) is 40.4. The predicted molar refractivity (Wildman–Crippen MR) is 215 cm³/mol. The molecule has 0 bridgehead atoms. The molecule has 3 N–H and O–H groups in total. The summed E-state index contributed by atoms with van der Waals surface area (Å²) >= 11 is 0. The number of azo groups is 1. The van der Waals surface area contributed by atoms with E-state index in [0.717, 1.165) is 24.3 Å². The van der Waals surface area contributed by atoms with Crippen LogP contribution < -0.4 is 15.1 Å². The largest absolute Gasteiger partial charge is 0.491 e. The Kier molecular flexibility index (Phi) is 17.6. The lowest BCUT2D eigenvalue weighted by molar-refractivity contribution is -0.117. The summed E-state index contributed by atoms with van der Waals surface area (Å²) in [5.41, 5.74) is 0.107. The SMILES string of the molecule is CCCCCCCCCCCCCCCCCCOc1ccccc1N=NC1C(=O)N(c2ccccc2)N=C1NC(=O)c1cc(S(=O)(=O)O)cc(S(=O)(=O)O)c1. The van der Waals surface area contributed by atoms with Gasteiger partial charge in [0, 0.05) is 5.56 Å². The Labute approximate surface area is 330 Å². The van der Waals surface area contributed by atoms with Crippen LogP contribution >= 0.6 is 0 Å². The molecular weight excluding hydrogens is 759 g/mol. The van der Waals surface area contributed by atoms with Gasteiger partial charge in [-0.15, -0.1) is 5.10 Å². The highest BCUT2D eigenvalue weighted by molar-refractivity contribution is 7.86. The first-order valence-electron chi connectivity index (χ1n) is 19.4. The molecule has 0 aromatic heterocycles. The summed E-state index contributed by atoms with van der Waals surface area (Å²) in [4.78, 5) is 25.0. The number of hydrogen-bond acceptors (Lipinski definition) is 10. The monoisotopic (exact) mass is 811 g/mol. The first-order chi connectivity index (χ1) is 26.9. The van der Waals surface area contributed by atoms with Crippen LogP contribution in [0, 0.1) is 0 Å². The Morgan fingerprint density at radius 3 is 1.77 bits per heavy atom. The number of unbranched alkanes of at least 4 members (excludes halogenated alkanes) is 15. The summed E-state index contributed by atoms with van der Waals surface area (Å²) in [5.74, 6) is -1.63. The van der Waals surface area contributed by atoms with Crippen LogP contribution in [0.1, 0.15) is 120 Å². The summed E-state index contributed by atoms with van der Waals surface area (Å²) in [6, 6.07) is 15.6. The van der Waals surface area contributed by atoms with Crippen molar-refractivity contribution in [2.24, 2.45) is 15.3 Å². The quantitative estimate of drug-likeness (QED) is 0.0448. The maximum atomic E-state index is 13.6. The van der Waals surface area contributed by atoms with Crippen molar-refractivity contribution >= 4 is 49.3 Å². The van der Waals surface area contributed by atoms with Gasteiger partial charge >= 0.3 is 0 Å². The number of benzene rings is 3. The number of carbonyl (C=O) groups is 2. The van der Waals surface area contributed by atoms with E-state index in [0.29, 0.717) is 41.9 Å². The molecule has 0 spiro atoms. The number of amidine groups is 1. The van der Waals surface area contributed by atoms with Gasteiger partial charge in [-0.25, -0.2) is 0 Å². The smallest absolute Gasteiger partial charge is 0.294 e. The number of carbonyl (C=O) groups excluding carboxylic acids is 2. The van der Waals surface area contributed by atoms with E-state index in [-0.39, 0.29) is 5.84 Å². The molecule has 1 atom stereocenters. The molecule has 0 saturated heterocycles. The van der Waals surface area contributed by atoms with Gasteiger partial charge in [-0.2, -0.15) is 32.1 Å². The lowest BCUT2D eigenvalue weighted by atomic mass is 10.0. The zero-order valence-corrected chi connectivity index (χ0v) is 33.5. The van der Waals surface area contributed by atoms with Crippen molar-refractivity contribution in [3.05, 3.63) is 78.4 Å². The number of nitrogens with one attached hydrogen (secondary N) is 1. The van der Waals surface area contributed by atoms with Gasteiger partial charge in [0.25, 0.3) is 32.1 Å². The minimum atomic E-state index is -4.99. The van der Waals surface area contributed by atoms with Gasteiger partial charge in [0.05, 0.1) is 22.1 Å². The molecule has 2 amide bonds. The minimum absolute atomic E-state index is 0.301. The van der Waals surface area contributed by atoms with Crippen LogP contribution in [0.4, 0.5) is 11.4 Å². The fourth-order valence-corrected chi connectivity index (χ4v) is 7.38. The summed E-state index contributed by atoms with van der Waals surface area (Å²) in [7, 11) is -9.98. The van der Waals surface area contributed by atoms with Crippen molar-refractivity contribution in [1.82, 2.24) is 5.32 Å². The van der Waals surface area contributed by atoms with Crippen molar-refractivity contribution < 1.29 is 40.3 Å². The van der Waals surface area contributed by atoms with Gasteiger partial charge < -0.3 is 10.1 Å². The third-order valence-electron chi connectivity index (χ3n) is 9.29. The second-order valence-electron chi connectivity index (χ2n) is 13.8. The highest BCUT2D eigenvalue weighted by Crippen LogP contribution is 2.29. The van der Waals surface area contributed by atoms with Crippen molar-refractivity contribution in [2.75, 3.05) is 11.6 Å². The molecular formula is C40H53N5O9S2. The zero-order valence-electron chi connectivity index (χ0n) is 31.9. The number of nitrogens with zero attached hydrogens (tertiary/aromatic N) is 4. The van der Waals surface area contributed by atoms with Crippen LogP contribution in [-0.2, 0) is 25.0 Å². The van der Waals surface area contributed by atoms with Gasteiger partial charge in [-0.3, -0.25) is 18.7 Å². The van der Waals surface area contributed by atoms with E-state index in [1.54, 1.807) is 54.6 Å². The van der Waals surface area contributed by atoms with Crippen molar-refractivity contribution in [3.8, 4) is 5.75 Å². The Morgan fingerprint density at radius 1 is 0.732 bits per heavy atom. The molecule has 0 radical (unpaired) electrons. The average Bonchev–Trinajstić information content (AvgIpc) is 3.48. The number of para-hydroxylation sites is 2. The molecule has 3 aromatic rings. The Morgan fingerprint density at radius 2 is 1.23 bits per heavy atom. The molecule has 1 aliphatic rings. The topological polar surface area (TPSA) is 204 Å². The fraction of sp³-hybridized carbons (Fsp3) is 0.475. The molecule has 0 aliphatic carbocycles. The van der Waals surface area contributed by atoms with E-state index in [4.69, 9.17) is 4.74 Å². The molecule has 1 unspecified atom stereocenters. The van der Waals surface area contributed by atoms with E-state index >= 15 is 0 Å². The van der Waals surface area contributed by atoms with E-state index in [1.165, 1.54) is 83.5 Å². The van der Waals surface area contributed by atoms with Crippen molar-refractivity contribution in [2.45, 2.75) is 125 Å². The first kappa shape index (κ1) is 44.2. The number of hydrazone groups is 1. The average molecular weight is 812 g/mol. The van der Waals surface area contributed by atoms with E-state index in [1.807, 2.05) is 0 Å². The lowest BCUT2D eigenvalue weighted by Crippen LogP contribution is -2.39. The molecule has 1 aliphatic heterocycles. The molecule has 16 heteroatoms.